The Morgan fingerprint density at radius 2 is 2.00 bits per heavy atom. The van der Waals surface area contributed by atoms with E-state index in [9.17, 15) is 22.8 Å². The lowest BCUT2D eigenvalue weighted by atomic mass is 10.2. The van der Waals surface area contributed by atoms with Crippen LogP contribution in [-0.2, 0) is 11.0 Å². The van der Waals surface area contributed by atoms with Gasteiger partial charge in [0, 0.05) is 17.1 Å². The predicted octanol–water partition coefficient (Wildman–Crippen LogP) is 3.04. The molecule has 3 amide bonds. The fraction of sp³-hybridized carbons (Fsp3) is 0.273. The molecule has 4 nitrogen and oxygen atoms in total. The maximum absolute atomic E-state index is 12.6. The average molecular weight is 327 g/mol. The van der Waals surface area contributed by atoms with Crippen molar-refractivity contribution in [3.8, 4) is 0 Å². The van der Waals surface area contributed by atoms with Crippen molar-refractivity contribution >= 4 is 35.3 Å². The number of primary amides is 1. The molecule has 9 heteroatoms. The Hall–Kier alpha value is -1.41. The summed E-state index contributed by atoms with van der Waals surface area (Å²) in [5, 5.41) is 1.48. The van der Waals surface area contributed by atoms with Crippen LogP contribution in [0.2, 0.25) is 5.02 Å². The summed E-state index contributed by atoms with van der Waals surface area (Å²) in [4.78, 5) is 21.8. The number of amides is 3. The molecule has 0 atom stereocenters. The number of benzene rings is 1. The van der Waals surface area contributed by atoms with E-state index < -0.39 is 23.7 Å². The standard InChI is InChI=1S/C11H10ClF3N2O2S/c12-8-2-1-6(5-7(8)11(13,14)15)20-4-3-9(18)17-10(16)19/h1-2,5H,3-4H2,(H3,16,17,18,19). The third-order valence-electron chi connectivity index (χ3n) is 2.10. The van der Waals surface area contributed by atoms with Crippen LogP contribution in [-0.4, -0.2) is 17.7 Å². The number of carbonyl (C=O) groups excluding carboxylic acids is 2. The van der Waals surface area contributed by atoms with Crippen LogP contribution in [0.3, 0.4) is 0 Å². The van der Waals surface area contributed by atoms with Gasteiger partial charge < -0.3 is 5.73 Å². The fourth-order valence-corrected chi connectivity index (χ4v) is 2.39. The van der Waals surface area contributed by atoms with Crippen LogP contribution < -0.4 is 11.1 Å². The molecule has 110 valence electrons. The smallest absolute Gasteiger partial charge is 0.351 e. The molecule has 0 aliphatic heterocycles. The molecule has 0 saturated heterocycles. The molecule has 0 aliphatic carbocycles. The van der Waals surface area contributed by atoms with Gasteiger partial charge in [-0.05, 0) is 18.2 Å². The van der Waals surface area contributed by atoms with Crippen LogP contribution in [0, 0.1) is 0 Å². The van der Waals surface area contributed by atoms with Gasteiger partial charge in [0.2, 0.25) is 5.91 Å². The van der Waals surface area contributed by atoms with Crippen molar-refractivity contribution in [3.63, 3.8) is 0 Å². The Bertz CT molecular complexity index is 523. The van der Waals surface area contributed by atoms with Crippen molar-refractivity contribution < 1.29 is 22.8 Å². The number of carbonyl (C=O) groups is 2. The Kier molecular flexibility index (Phi) is 5.70. The van der Waals surface area contributed by atoms with E-state index in [2.05, 4.69) is 0 Å². The molecule has 1 aromatic carbocycles. The SMILES string of the molecule is NC(=O)NC(=O)CCSc1ccc(Cl)c(C(F)(F)F)c1. The fourth-order valence-electron chi connectivity index (χ4n) is 1.27. The molecule has 1 rings (SSSR count). The highest BCUT2D eigenvalue weighted by molar-refractivity contribution is 7.99. The van der Waals surface area contributed by atoms with E-state index in [1.807, 2.05) is 5.32 Å². The number of urea groups is 1. The van der Waals surface area contributed by atoms with Gasteiger partial charge in [-0.2, -0.15) is 13.2 Å². The summed E-state index contributed by atoms with van der Waals surface area (Å²) in [6, 6.07) is 2.52. The van der Waals surface area contributed by atoms with Crippen molar-refractivity contribution in [1.82, 2.24) is 5.32 Å². The van der Waals surface area contributed by atoms with Crippen molar-refractivity contribution in [1.29, 1.82) is 0 Å². The molecular formula is C11H10ClF3N2O2S. The summed E-state index contributed by atoms with van der Waals surface area (Å²) in [5.74, 6) is -0.382. The summed E-state index contributed by atoms with van der Waals surface area (Å²) in [5.41, 5.74) is 3.82. The van der Waals surface area contributed by atoms with Gasteiger partial charge in [0.15, 0.2) is 0 Å². The van der Waals surface area contributed by atoms with Gasteiger partial charge >= 0.3 is 12.2 Å². The van der Waals surface area contributed by atoms with Crippen molar-refractivity contribution in [3.05, 3.63) is 28.8 Å². The summed E-state index contributed by atoms with van der Waals surface area (Å²) in [7, 11) is 0. The van der Waals surface area contributed by atoms with E-state index >= 15 is 0 Å². The Morgan fingerprint density at radius 1 is 1.35 bits per heavy atom. The molecule has 3 N–H and O–H groups in total. The van der Waals surface area contributed by atoms with Crippen LogP contribution in [0.25, 0.3) is 0 Å². The zero-order valence-electron chi connectivity index (χ0n) is 9.96. The van der Waals surface area contributed by atoms with Gasteiger partial charge in [-0.1, -0.05) is 11.6 Å². The van der Waals surface area contributed by atoms with E-state index in [4.69, 9.17) is 17.3 Å². The molecule has 0 heterocycles. The largest absolute Gasteiger partial charge is 0.417 e. The third kappa shape index (κ3) is 5.30. The van der Waals surface area contributed by atoms with E-state index in [1.54, 1.807) is 0 Å². The summed E-state index contributed by atoms with van der Waals surface area (Å²) in [6.07, 6.45) is -4.57. The van der Waals surface area contributed by atoms with Gasteiger partial charge in [-0.25, -0.2) is 4.79 Å². The summed E-state index contributed by atoms with van der Waals surface area (Å²) in [6.45, 7) is 0. The molecular weight excluding hydrogens is 317 g/mol. The third-order valence-corrected chi connectivity index (χ3v) is 3.43. The lowest BCUT2D eigenvalue weighted by Gasteiger charge is -2.10. The van der Waals surface area contributed by atoms with Crippen molar-refractivity contribution in [2.75, 3.05) is 5.75 Å². The van der Waals surface area contributed by atoms with Crippen molar-refractivity contribution in [2.24, 2.45) is 5.73 Å². The number of hydrogen-bond acceptors (Lipinski definition) is 3. The number of halogens is 4. The minimum atomic E-state index is -4.53. The monoisotopic (exact) mass is 326 g/mol. The molecule has 20 heavy (non-hydrogen) atoms. The zero-order valence-corrected chi connectivity index (χ0v) is 11.5. The second kappa shape index (κ2) is 6.85. The van der Waals surface area contributed by atoms with Crippen LogP contribution in [0.1, 0.15) is 12.0 Å². The summed E-state index contributed by atoms with van der Waals surface area (Å²) >= 11 is 6.52. The molecule has 0 radical (unpaired) electrons. The Morgan fingerprint density at radius 3 is 2.55 bits per heavy atom. The average Bonchev–Trinajstić information content (AvgIpc) is 2.28. The van der Waals surface area contributed by atoms with Crippen LogP contribution >= 0.6 is 23.4 Å². The maximum atomic E-state index is 12.6. The second-order valence-corrected chi connectivity index (χ2v) is 5.23. The van der Waals surface area contributed by atoms with E-state index in [-0.39, 0.29) is 17.2 Å². The lowest BCUT2D eigenvalue weighted by molar-refractivity contribution is -0.137. The number of nitrogens with two attached hydrogens (primary N) is 1. The highest BCUT2D eigenvalue weighted by Gasteiger charge is 2.33. The van der Waals surface area contributed by atoms with E-state index in [0.717, 1.165) is 23.9 Å². The maximum Gasteiger partial charge on any atom is 0.417 e. The molecule has 0 aromatic heterocycles. The molecule has 0 aliphatic rings. The summed E-state index contributed by atoms with van der Waals surface area (Å²) < 4.78 is 37.8. The molecule has 1 aromatic rings. The first-order valence-electron chi connectivity index (χ1n) is 5.29. The predicted molar refractivity (Wildman–Crippen MR) is 69.5 cm³/mol. The second-order valence-electron chi connectivity index (χ2n) is 3.65. The highest BCUT2D eigenvalue weighted by Crippen LogP contribution is 2.37. The Labute approximate surface area is 121 Å². The van der Waals surface area contributed by atoms with Crippen LogP contribution in [0.15, 0.2) is 23.1 Å². The molecule has 0 fully saturated rings. The highest BCUT2D eigenvalue weighted by atomic mass is 35.5. The number of rotatable bonds is 4. The van der Waals surface area contributed by atoms with E-state index in [0.29, 0.717) is 4.90 Å². The van der Waals surface area contributed by atoms with Gasteiger partial charge in [-0.15, -0.1) is 11.8 Å². The quantitative estimate of drug-likeness (QED) is 0.835. The Balaban J connectivity index is 2.62. The number of imide groups is 1. The van der Waals surface area contributed by atoms with Gasteiger partial charge in [0.1, 0.15) is 0 Å². The van der Waals surface area contributed by atoms with Gasteiger partial charge in [-0.3, -0.25) is 10.1 Å². The molecule has 0 unspecified atom stereocenters. The zero-order chi connectivity index (χ0) is 15.3. The molecule has 0 bridgehead atoms. The first-order valence-corrected chi connectivity index (χ1v) is 6.65. The van der Waals surface area contributed by atoms with Crippen molar-refractivity contribution in [2.45, 2.75) is 17.5 Å². The normalized spacial score (nSPS) is 11.2. The van der Waals surface area contributed by atoms with Crippen LogP contribution in [0.5, 0.6) is 0 Å². The minimum absolute atomic E-state index is 0.0441. The topological polar surface area (TPSA) is 72.2 Å². The molecule has 0 saturated carbocycles. The minimum Gasteiger partial charge on any atom is -0.351 e. The van der Waals surface area contributed by atoms with Gasteiger partial charge in [0.05, 0.1) is 10.6 Å². The molecule has 0 spiro atoms. The van der Waals surface area contributed by atoms with Gasteiger partial charge in [0.25, 0.3) is 0 Å². The van der Waals surface area contributed by atoms with Crippen LogP contribution in [0.4, 0.5) is 18.0 Å². The first kappa shape index (κ1) is 16.6. The number of hydrogen-bond donors (Lipinski definition) is 2. The number of nitrogens with one attached hydrogen (secondary N) is 1. The lowest BCUT2D eigenvalue weighted by Crippen LogP contribution is -2.35. The number of thioether (sulfide) groups is 1. The first-order chi connectivity index (χ1) is 9.20. The number of alkyl halides is 3. The van der Waals surface area contributed by atoms with E-state index in [1.165, 1.54) is 6.07 Å².